The van der Waals surface area contributed by atoms with Gasteiger partial charge in [-0.15, -0.1) is 0 Å². The van der Waals surface area contributed by atoms with E-state index in [-0.39, 0.29) is 25.3 Å². The van der Waals surface area contributed by atoms with Crippen LogP contribution in [-0.2, 0) is 4.79 Å². The van der Waals surface area contributed by atoms with Crippen LogP contribution in [0.3, 0.4) is 0 Å². The molecule has 0 spiro atoms. The Labute approximate surface area is 268 Å². The van der Waals surface area contributed by atoms with Crippen LogP contribution in [0.4, 0.5) is 21.0 Å². The molecule has 0 aliphatic carbocycles. The lowest BCUT2D eigenvalue weighted by Gasteiger charge is -2.38. The van der Waals surface area contributed by atoms with Crippen molar-refractivity contribution in [2.45, 2.75) is 38.4 Å². The SMILES string of the molecule is CC1(C)C(N(O)C(=O)Nc2cccc(Cl)c2)N(c2cccc(Cl)c2)C(=O)N1CCCC(=O)NN=Cc1ccc(Cl)cc1Cl. The highest BCUT2D eigenvalue weighted by atomic mass is 35.5. The van der Waals surface area contributed by atoms with Gasteiger partial charge in [-0.1, -0.05) is 64.6 Å². The molecule has 3 aromatic carbocycles. The molecule has 226 valence electrons. The van der Waals surface area contributed by atoms with E-state index in [2.05, 4.69) is 15.8 Å². The summed E-state index contributed by atoms with van der Waals surface area (Å²) in [6, 6.07) is 16.5. The predicted octanol–water partition coefficient (Wildman–Crippen LogP) is 7.50. The lowest BCUT2D eigenvalue weighted by molar-refractivity contribution is -0.121. The largest absolute Gasteiger partial charge is 0.347 e. The number of hydroxylamine groups is 2. The molecule has 1 unspecified atom stereocenters. The van der Waals surface area contributed by atoms with E-state index in [4.69, 9.17) is 46.4 Å². The number of carbonyl (C=O) groups is 3. The molecule has 1 aliphatic rings. The molecular formula is C29H28Cl4N6O4. The summed E-state index contributed by atoms with van der Waals surface area (Å²) in [4.78, 5) is 42.2. The number of amides is 5. The van der Waals surface area contributed by atoms with Crippen molar-refractivity contribution in [3.63, 3.8) is 0 Å². The minimum absolute atomic E-state index is 0.0471. The van der Waals surface area contributed by atoms with Crippen LogP contribution in [0.2, 0.25) is 20.1 Å². The molecule has 5 amide bonds. The highest BCUT2D eigenvalue weighted by Gasteiger charge is 2.55. The zero-order valence-corrected chi connectivity index (χ0v) is 26.1. The van der Waals surface area contributed by atoms with Gasteiger partial charge in [0.15, 0.2) is 6.17 Å². The van der Waals surface area contributed by atoms with Crippen LogP contribution >= 0.6 is 46.4 Å². The maximum atomic E-state index is 13.8. The molecule has 0 radical (unpaired) electrons. The second-order valence-corrected chi connectivity index (χ2v) is 11.9. The van der Waals surface area contributed by atoms with Gasteiger partial charge in [-0.25, -0.2) is 15.0 Å². The van der Waals surface area contributed by atoms with E-state index in [1.165, 1.54) is 22.1 Å². The van der Waals surface area contributed by atoms with Crippen LogP contribution in [0.15, 0.2) is 71.8 Å². The number of carbonyl (C=O) groups excluding carboxylic acids is 3. The van der Waals surface area contributed by atoms with Crippen molar-refractivity contribution in [3.05, 3.63) is 92.4 Å². The molecular weight excluding hydrogens is 638 g/mol. The van der Waals surface area contributed by atoms with Gasteiger partial charge in [0.05, 0.1) is 16.8 Å². The number of benzene rings is 3. The molecule has 3 N–H and O–H groups in total. The maximum Gasteiger partial charge on any atom is 0.347 e. The fraction of sp³-hybridized carbons (Fsp3) is 0.241. The minimum Gasteiger partial charge on any atom is -0.315 e. The first-order valence-corrected chi connectivity index (χ1v) is 14.6. The zero-order chi connectivity index (χ0) is 31.3. The average Bonchev–Trinajstić information content (AvgIpc) is 3.14. The molecule has 4 rings (SSSR count). The van der Waals surface area contributed by atoms with Gasteiger partial charge < -0.3 is 10.2 Å². The van der Waals surface area contributed by atoms with Crippen LogP contribution in [-0.4, -0.2) is 57.6 Å². The summed E-state index contributed by atoms with van der Waals surface area (Å²) >= 11 is 24.3. The minimum atomic E-state index is -1.17. The lowest BCUT2D eigenvalue weighted by Crippen LogP contribution is -2.58. The van der Waals surface area contributed by atoms with Gasteiger partial charge in [0.2, 0.25) is 5.91 Å². The average molecular weight is 666 g/mol. The van der Waals surface area contributed by atoms with Crippen LogP contribution in [0.1, 0.15) is 32.3 Å². The van der Waals surface area contributed by atoms with Gasteiger partial charge >= 0.3 is 12.1 Å². The molecule has 0 saturated carbocycles. The number of halogens is 4. The summed E-state index contributed by atoms with van der Waals surface area (Å²) in [5.74, 6) is -0.376. The van der Waals surface area contributed by atoms with Crippen LogP contribution in [0.25, 0.3) is 0 Å². The molecule has 1 fully saturated rings. The number of anilines is 2. The van der Waals surface area contributed by atoms with Crippen molar-refractivity contribution in [1.82, 2.24) is 15.4 Å². The van der Waals surface area contributed by atoms with E-state index < -0.39 is 23.8 Å². The first-order chi connectivity index (χ1) is 20.4. The molecule has 43 heavy (non-hydrogen) atoms. The quantitative estimate of drug-likeness (QED) is 0.125. The Bertz CT molecular complexity index is 1550. The Morgan fingerprint density at radius 3 is 2.35 bits per heavy atom. The number of rotatable bonds is 9. The highest BCUT2D eigenvalue weighted by Crippen LogP contribution is 2.39. The van der Waals surface area contributed by atoms with Gasteiger partial charge in [0, 0.05) is 45.0 Å². The number of hydrazone groups is 1. The van der Waals surface area contributed by atoms with Gasteiger partial charge in [0.1, 0.15) is 0 Å². The van der Waals surface area contributed by atoms with Gasteiger partial charge in [-0.05, 0) is 68.8 Å². The summed E-state index contributed by atoms with van der Waals surface area (Å²) in [6.07, 6.45) is 0.557. The summed E-state index contributed by atoms with van der Waals surface area (Å²) in [5.41, 5.74) is 2.64. The van der Waals surface area contributed by atoms with E-state index in [1.807, 2.05) is 0 Å². The highest BCUT2D eigenvalue weighted by molar-refractivity contribution is 6.36. The number of urea groups is 2. The van der Waals surface area contributed by atoms with E-state index in [0.29, 0.717) is 42.1 Å². The van der Waals surface area contributed by atoms with Gasteiger partial charge in [0.25, 0.3) is 0 Å². The topological polar surface area (TPSA) is 118 Å². The van der Waals surface area contributed by atoms with E-state index >= 15 is 0 Å². The number of nitrogens with zero attached hydrogens (tertiary/aromatic N) is 4. The summed E-state index contributed by atoms with van der Waals surface area (Å²) in [7, 11) is 0. The van der Waals surface area contributed by atoms with Crippen molar-refractivity contribution < 1.29 is 19.6 Å². The fourth-order valence-corrected chi connectivity index (χ4v) is 5.53. The lowest BCUT2D eigenvalue weighted by atomic mass is 9.99. The first-order valence-electron chi connectivity index (χ1n) is 13.1. The zero-order valence-electron chi connectivity index (χ0n) is 23.1. The van der Waals surface area contributed by atoms with Crippen LogP contribution < -0.4 is 15.6 Å². The standard InChI is InChI=1S/C29H28Cl4N6O4/c1-29(2)26(39(43)27(41)35-22-8-3-6-19(30)14-22)38(23-9-4-7-20(31)15-23)28(42)37(29)13-5-10-25(40)36-34-17-18-11-12-21(32)16-24(18)33/h3-4,6-9,11-12,14-17,26,43H,5,10,13H2,1-2H3,(H,35,41)(H,36,40). The van der Waals surface area contributed by atoms with Crippen LogP contribution in [0.5, 0.6) is 0 Å². The molecule has 14 heteroatoms. The summed E-state index contributed by atoms with van der Waals surface area (Å²) in [5, 5.41) is 19.8. The third kappa shape index (κ3) is 7.70. The second-order valence-electron chi connectivity index (χ2n) is 10.2. The smallest absolute Gasteiger partial charge is 0.315 e. The second kappa shape index (κ2) is 13.8. The van der Waals surface area contributed by atoms with Crippen molar-refractivity contribution in [1.29, 1.82) is 0 Å². The predicted molar refractivity (Wildman–Crippen MR) is 169 cm³/mol. The normalized spacial score (nSPS) is 16.1. The van der Waals surface area contributed by atoms with E-state index in [9.17, 15) is 19.6 Å². The van der Waals surface area contributed by atoms with Crippen molar-refractivity contribution in [2.24, 2.45) is 5.10 Å². The Balaban J connectivity index is 1.48. The number of hydrogen-bond acceptors (Lipinski definition) is 5. The molecule has 10 nitrogen and oxygen atoms in total. The molecule has 1 heterocycles. The first kappa shape index (κ1) is 32.4. The fourth-order valence-electron chi connectivity index (χ4n) is 4.70. The summed E-state index contributed by atoms with van der Waals surface area (Å²) < 4.78 is 0. The van der Waals surface area contributed by atoms with E-state index in [1.54, 1.807) is 74.5 Å². The van der Waals surface area contributed by atoms with E-state index in [0.717, 1.165) is 0 Å². The monoisotopic (exact) mass is 664 g/mol. The summed E-state index contributed by atoms with van der Waals surface area (Å²) in [6.45, 7) is 3.58. The van der Waals surface area contributed by atoms with Crippen LogP contribution in [0, 0.1) is 0 Å². The molecule has 0 bridgehead atoms. The van der Waals surface area contributed by atoms with Crippen molar-refractivity contribution in [3.8, 4) is 0 Å². The Kier molecular flexibility index (Phi) is 10.4. The third-order valence-electron chi connectivity index (χ3n) is 6.75. The molecule has 0 aromatic heterocycles. The number of hydrogen-bond donors (Lipinski definition) is 3. The third-order valence-corrected chi connectivity index (χ3v) is 7.78. The number of nitrogens with one attached hydrogen (secondary N) is 2. The van der Waals surface area contributed by atoms with Gasteiger partial charge in [-0.2, -0.15) is 10.2 Å². The van der Waals surface area contributed by atoms with Crippen molar-refractivity contribution >= 4 is 82.0 Å². The Morgan fingerprint density at radius 2 is 1.67 bits per heavy atom. The molecule has 3 aromatic rings. The van der Waals surface area contributed by atoms with Crippen molar-refractivity contribution in [2.75, 3.05) is 16.8 Å². The molecule has 1 atom stereocenters. The molecule has 1 aliphatic heterocycles. The Morgan fingerprint density at radius 1 is 1.00 bits per heavy atom. The maximum absolute atomic E-state index is 13.8. The van der Waals surface area contributed by atoms with Gasteiger partial charge in [-0.3, -0.25) is 14.9 Å². The Hall–Kier alpha value is -3.54. The molecule has 1 saturated heterocycles.